The minimum atomic E-state index is -4.61. The van der Waals surface area contributed by atoms with Gasteiger partial charge >= 0.3 is 6.18 Å². The number of imidazole rings is 1. The molecule has 0 bridgehead atoms. The molecule has 2 aromatic carbocycles. The Labute approximate surface area is 476 Å². The molecule has 0 spiro atoms. The molecule has 5 aromatic heterocycles. The van der Waals surface area contributed by atoms with E-state index in [4.69, 9.17) is 15.7 Å². The van der Waals surface area contributed by atoms with Crippen LogP contribution in [0.5, 0.6) is 0 Å². The van der Waals surface area contributed by atoms with Crippen LogP contribution in [0.15, 0.2) is 97.6 Å². The van der Waals surface area contributed by atoms with Gasteiger partial charge in [-0.1, -0.05) is 31.3 Å². The van der Waals surface area contributed by atoms with Crippen LogP contribution in [-0.2, 0) is 27.1 Å². The van der Waals surface area contributed by atoms with Crippen LogP contribution in [0, 0.1) is 24.7 Å². The molecular weight excluding hydrogens is 1070 g/mol. The van der Waals surface area contributed by atoms with Crippen LogP contribution in [0.3, 0.4) is 0 Å². The summed E-state index contributed by atoms with van der Waals surface area (Å²) in [7, 11) is 0. The number of aromatic nitrogens is 7. The van der Waals surface area contributed by atoms with E-state index in [-0.39, 0.29) is 47.5 Å². The monoisotopic (exact) mass is 1130 g/mol. The summed E-state index contributed by atoms with van der Waals surface area (Å²) < 4.78 is 48.0. The molecular formula is C60H62F3N15O5. The van der Waals surface area contributed by atoms with E-state index in [0.29, 0.717) is 112 Å². The molecule has 5 amide bonds. The fraction of sp³-hybridized carbons (Fsp3) is 0.367. The van der Waals surface area contributed by atoms with E-state index in [2.05, 4.69) is 47.3 Å². The Kier molecular flexibility index (Phi) is 15.9. The Hall–Kier alpha value is -9.17. The molecule has 428 valence electrons. The molecule has 20 nitrogen and oxygen atoms in total. The number of alkyl halides is 3. The first-order chi connectivity index (χ1) is 40.1. The fourth-order valence-corrected chi connectivity index (χ4v) is 11.7. The highest BCUT2D eigenvalue weighted by Gasteiger charge is 2.44. The number of aryl methyl sites for hydroxylation is 1. The number of likely N-dealkylation sites (tertiary alicyclic amines) is 1. The third-order valence-electron chi connectivity index (χ3n) is 16.1. The van der Waals surface area contributed by atoms with Gasteiger partial charge in [-0.05, 0) is 106 Å². The van der Waals surface area contributed by atoms with Gasteiger partial charge in [0, 0.05) is 117 Å². The van der Waals surface area contributed by atoms with Gasteiger partial charge in [0.25, 0.3) is 11.8 Å². The second kappa shape index (κ2) is 23.7. The van der Waals surface area contributed by atoms with Crippen molar-refractivity contribution in [2.45, 2.75) is 77.2 Å². The summed E-state index contributed by atoms with van der Waals surface area (Å²) in [5.74, 6) is 6.31. The molecule has 3 fully saturated rings. The van der Waals surface area contributed by atoms with Crippen LogP contribution >= 0.6 is 0 Å². The van der Waals surface area contributed by atoms with Gasteiger partial charge in [0.1, 0.15) is 29.0 Å². The van der Waals surface area contributed by atoms with Crippen molar-refractivity contribution in [2.24, 2.45) is 5.92 Å². The number of hydrogen-bond donors (Lipinski definition) is 3. The number of carbonyl (C=O) groups excluding carboxylic acids is 5. The van der Waals surface area contributed by atoms with E-state index in [1.807, 2.05) is 34.8 Å². The Bertz CT molecular complexity index is 3660. The van der Waals surface area contributed by atoms with Crippen LogP contribution in [0.2, 0.25) is 0 Å². The van der Waals surface area contributed by atoms with Crippen LogP contribution in [0.25, 0.3) is 28.1 Å². The first-order valence-electron chi connectivity index (χ1n) is 27.9. The van der Waals surface area contributed by atoms with Crippen molar-refractivity contribution in [1.82, 2.24) is 54.3 Å². The van der Waals surface area contributed by atoms with Crippen molar-refractivity contribution in [3.63, 3.8) is 0 Å². The number of piperazine rings is 1. The molecule has 23 heteroatoms. The highest BCUT2D eigenvalue weighted by molar-refractivity contribution is 6.25. The number of fused-ring (bicyclic) bond motifs is 2. The number of nitrogen functional groups attached to an aromatic ring is 1. The number of imide groups is 2. The third-order valence-corrected chi connectivity index (χ3v) is 16.1. The van der Waals surface area contributed by atoms with Gasteiger partial charge < -0.3 is 25.8 Å². The standard InChI is InChI=1S/C60H62F3N15O5/c1-3-6-51(56(80)68-37-79)78-58(82)45-8-4-9-48(54(45)59(78)83)66-34-40-35-69-76(36-40)43-19-25-75(26-20-43)57(81)41-17-23-74(24-18-41)53-15-10-39(33-67-53)7-5-22-72-27-29-73(30-28-72)50-14-11-44(32-46(50)60(61,62)63)77-38(2)70-49-13-12-47(71-55(49)77)42-16-21-65-52(64)31-42/h4,8-16,21,31-33,35-37,41,43,51,66H,3,6,17-20,22-30,34H2,1-2H3,(H2,64,65)(H,68,79,80). The summed E-state index contributed by atoms with van der Waals surface area (Å²) in [6.45, 7) is 8.89. The molecule has 1 atom stereocenters. The maximum atomic E-state index is 14.8. The molecule has 4 aliphatic rings. The quantitative estimate of drug-likeness (QED) is 0.0540. The minimum absolute atomic E-state index is 0.0741. The van der Waals surface area contributed by atoms with E-state index in [1.165, 1.54) is 6.07 Å². The summed E-state index contributed by atoms with van der Waals surface area (Å²) in [6, 6.07) is 19.3. The zero-order valence-corrected chi connectivity index (χ0v) is 46.0. The SMILES string of the molecule is CCCC(C(=O)NC=O)N1C(=O)c2cccc(NCc3cnn(C4CCN(C(=O)C5CCN(c6ccc(C#CCN7CCN(c8ccc(-n9c(C)nc%10ccc(-c%11ccnc(N)c%11)nc%109)cc8C(F)(F)F)CC7)cn6)CC5)CC4)c3)c2C1=O. The molecule has 0 saturated carbocycles. The number of carbonyl (C=O) groups is 5. The number of hydrogen-bond acceptors (Lipinski definition) is 15. The molecule has 3 saturated heterocycles. The van der Waals surface area contributed by atoms with E-state index in [1.54, 1.807) is 89.6 Å². The zero-order chi connectivity index (χ0) is 57.9. The van der Waals surface area contributed by atoms with Crippen molar-refractivity contribution < 1.29 is 37.1 Å². The Morgan fingerprint density at radius 1 is 0.867 bits per heavy atom. The van der Waals surface area contributed by atoms with Gasteiger partial charge in [-0.15, -0.1) is 0 Å². The molecule has 9 heterocycles. The number of piperidine rings is 2. The zero-order valence-electron chi connectivity index (χ0n) is 46.0. The number of nitrogens with two attached hydrogens (primary N) is 1. The van der Waals surface area contributed by atoms with E-state index < -0.39 is 35.5 Å². The van der Waals surface area contributed by atoms with Crippen LogP contribution in [0.4, 0.5) is 36.2 Å². The second-order valence-electron chi connectivity index (χ2n) is 21.3. The maximum absolute atomic E-state index is 14.8. The second-order valence-corrected chi connectivity index (χ2v) is 21.3. The van der Waals surface area contributed by atoms with Crippen molar-refractivity contribution in [2.75, 3.05) is 79.8 Å². The molecule has 0 radical (unpaired) electrons. The first-order valence-corrected chi connectivity index (χ1v) is 27.9. The van der Waals surface area contributed by atoms with Gasteiger partial charge in [0.2, 0.25) is 18.2 Å². The number of pyridine rings is 3. The Balaban J connectivity index is 0.623. The molecule has 83 heavy (non-hydrogen) atoms. The van der Waals surface area contributed by atoms with Gasteiger partial charge in [0.05, 0.1) is 41.2 Å². The molecule has 11 rings (SSSR count). The van der Waals surface area contributed by atoms with Crippen molar-refractivity contribution >= 4 is 64.2 Å². The fourth-order valence-electron chi connectivity index (χ4n) is 11.7. The lowest BCUT2D eigenvalue weighted by molar-refractivity contribution is -0.138. The number of amides is 5. The highest BCUT2D eigenvalue weighted by atomic mass is 19.4. The van der Waals surface area contributed by atoms with E-state index >= 15 is 0 Å². The summed E-state index contributed by atoms with van der Waals surface area (Å²) in [5.41, 5.74) is 10.4. The number of nitrogens with zero attached hydrogens (tertiary/aromatic N) is 12. The average Bonchev–Trinajstić information content (AvgIpc) is 4.38. The predicted molar refractivity (Wildman–Crippen MR) is 305 cm³/mol. The predicted octanol–water partition coefficient (Wildman–Crippen LogP) is 6.89. The Morgan fingerprint density at radius 2 is 1.66 bits per heavy atom. The summed E-state index contributed by atoms with van der Waals surface area (Å²) in [6.07, 6.45) is 6.36. The Morgan fingerprint density at radius 3 is 2.39 bits per heavy atom. The van der Waals surface area contributed by atoms with Gasteiger partial charge in [-0.25, -0.2) is 19.9 Å². The van der Waals surface area contributed by atoms with Crippen LogP contribution in [0.1, 0.15) is 94.7 Å². The van der Waals surface area contributed by atoms with Crippen molar-refractivity contribution in [1.29, 1.82) is 0 Å². The number of halogens is 3. The lowest BCUT2D eigenvalue weighted by atomic mass is 9.93. The molecule has 0 aliphatic carbocycles. The van der Waals surface area contributed by atoms with E-state index in [9.17, 15) is 37.1 Å². The molecule has 1 unspecified atom stereocenters. The van der Waals surface area contributed by atoms with Crippen molar-refractivity contribution in [3.05, 3.63) is 131 Å². The lowest BCUT2D eigenvalue weighted by Crippen LogP contribution is -2.49. The minimum Gasteiger partial charge on any atom is -0.384 e. The number of nitrogens with one attached hydrogen (secondary N) is 2. The maximum Gasteiger partial charge on any atom is 0.418 e. The molecule has 4 N–H and O–H groups in total. The first kappa shape index (κ1) is 55.7. The van der Waals surface area contributed by atoms with Crippen molar-refractivity contribution in [3.8, 4) is 28.8 Å². The number of rotatable bonds is 15. The lowest BCUT2D eigenvalue weighted by Gasteiger charge is -2.37. The van der Waals surface area contributed by atoms with Crippen LogP contribution in [-0.4, -0.2) is 144 Å². The average molecular weight is 1130 g/mol. The molecule has 4 aliphatic heterocycles. The van der Waals surface area contributed by atoms with Gasteiger partial charge in [-0.3, -0.25) is 48.3 Å². The normalized spacial score (nSPS) is 16.7. The summed E-state index contributed by atoms with van der Waals surface area (Å²) >= 11 is 0. The van der Waals surface area contributed by atoms with Gasteiger partial charge in [0.15, 0.2) is 5.65 Å². The number of anilines is 4. The largest absolute Gasteiger partial charge is 0.418 e. The van der Waals surface area contributed by atoms with Gasteiger partial charge in [-0.2, -0.15) is 18.3 Å². The summed E-state index contributed by atoms with van der Waals surface area (Å²) in [4.78, 5) is 91.6. The van der Waals surface area contributed by atoms with Crippen LogP contribution < -0.4 is 26.2 Å². The third kappa shape index (κ3) is 11.7. The topological polar surface area (TPSA) is 226 Å². The smallest absolute Gasteiger partial charge is 0.384 e. The number of benzene rings is 2. The highest BCUT2D eigenvalue weighted by Crippen LogP contribution is 2.40. The summed E-state index contributed by atoms with van der Waals surface area (Å²) in [5, 5.41) is 10.0. The van der Waals surface area contributed by atoms with E-state index in [0.717, 1.165) is 53.1 Å². The molecule has 7 aromatic rings.